The molecule has 0 saturated heterocycles. The Bertz CT molecular complexity index is 569. The monoisotopic (exact) mass is 293 g/mol. The molecule has 1 aliphatic rings. The summed E-state index contributed by atoms with van der Waals surface area (Å²) in [6, 6.07) is 0. The van der Waals surface area contributed by atoms with Crippen LogP contribution in [0.25, 0.3) is 0 Å². The number of nitrogens with zero attached hydrogens (tertiary/aromatic N) is 3. The van der Waals surface area contributed by atoms with Gasteiger partial charge >= 0.3 is 5.69 Å². The Morgan fingerprint density at radius 1 is 1.24 bits per heavy atom. The molecular formula is C14H23N5O2. The molecular weight excluding hydrogens is 270 g/mol. The van der Waals surface area contributed by atoms with Crippen molar-refractivity contribution < 1.29 is 4.92 Å². The first-order valence-electron chi connectivity index (χ1n) is 7.07. The number of hydrogen-bond donors (Lipinski definition) is 2. The molecule has 2 N–H and O–H groups in total. The SMILES string of the molecule is CNc1nc(C)c([N+](=O)[O-])c(NCC2C(C)(C)C2(C)C)n1. The van der Waals surface area contributed by atoms with Crippen LogP contribution in [-0.4, -0.2) is 28.5 Å². The molecule has 21 heavy (non-hydrogen) atoms. The van der Waals surface area contributed by atoms with Crippen molar-refractivity contribution in [1.82, 2.24) is 9.97 Å². The van der Waals surface area contributed by atoms with E-state index in [1.165, 1.54) is 0 Å². The summed E-state index contributed by atoms with van der Waals surface area (Å²) in [5.41, 5.74) is 0.757. The lowest BCUT2D eigenvalue weighted by atomic mass is 10.0. The van der Waals surface area contributed by atoms with Crippen molar-refractivity contribution in [2.24, 2.45) is 16.7 Å². The average molecular weight is 293 g/mol. The highest BCUT2D eigenvalue weighted by molar-refractivity contribution is 5.60. The van der Waals surface area contributed by atoms with E-state index in [4.69, 9.17) is 0 Å². The first-order chi connectivity index (χ1) is 9.62. The van der Waals surface area contributed by atoms with Crippen molar-refractivity contribution in [3.63, 3.8) is 0 Å². The van der Waals surface area contributed by atoms with Crippen LogP contribution in [0.2, 0.25) is 0 Å². The van der Waals surface area contributed by atoms with E-state index in [-0.39, 0.29) is 22.3 Å². The fourth-order valence-corrected chi connectivity index (χ4v) is 3.06. The first-order valence-corrected chi connectivity index (χ1v) is 7.07. The topological polar surface area (TPSA) is 93.0 Å². The fourth-order valence-electron chi connectivity index (χ4n) is 3.06. The second kappa shape index (κ2) is 4.82. The van der Waals surface area contributed by atoms with E-state index in [0.717, 1.165) is 0 Å². The second-order valence-corrected chi connectivity index (χ2v) is 6.71. The van der Waals surface area contributed by atoms with Gasteiger partial charge in [-0.05, 0) is 23.7 Å². The summed E-state index contributed by atoms with van der Waals surface area (Å²) in [4.78, 5) is 19.1. The molecule has 0 atom stereocenters. The van der Waals surface area contributed by atoms with Gasteiger partial charge in [-0.25, -0.2) is 4.98 Å². The summed E-state index contributed by atoms with van der Waals surface area (Å²) >= 11 is 0. The molecule has 0 bridgehead atoms. The third-order valence-electron chi connectivity index (χ3n) is 5.26. The first kappa shape index (κ1) is 15.5. The van der Waals surface area contributed by atoms with Gasteiger partial charge in [-0.1, -0.05) is 27.7 Å². The van der Waals surface area contributed by atoms with Crippen LogP contribution in [0.5, 0.6) is 0 Å². The van der Waals surface area contributed by atoms with E-state index in [1.54, 1.807) is 14.0 Å². The Labute approximate surface area is 124 Å². The summed E-state index contributed by atoms with van der Waals surface area (Å²) in [6.45, 7) is 11.2. The maximum absolute atomic E-state index is 11.2. The van der Waals surface area contributed by atoms with Gasteiger partial charge in [0.15, 0.2) is 0 Å². The van der Waals surface area contributed by atoms with Crippen LogP contribution in [-0.2, 0) is 0 Å². The van der Waals surface area contributed by atoms with Gasteiger partial charge in [0.05, 0.1) is 4.92 Å². The molecule has 1 aromatic rings. The third kappa shape index (κ3) is 2.41. The summed E-state index contributed by atoms with van der Waals surface area (Å²) in [5, 5.41) is 17.2. The van der Waals surface area contributed by atoms with E-state index in [2.05, 4.69) is 48.3 Å². The molecule has 0 aliphatic heterocycles. The minimum absolute atomic E-state index is 0.0507. The van der Waals surface area contributed by atoms with E-state index in [9.17, 15) is 10.1 Å². The molecule has 1 fully saturated rings. The predicted octanol–water partition coefficient (Wildman–Crippen LogP) is 2.83. The zero-order chi connectivity index (χ0) is 16.0. The van der Waals surface area contributed by atoms with Gasteiger partial charge in [-0.2, -0.15) is 4.98 Å². The smallest absolute Gasteiger partial charge is 0.332 e. The summed E-state index contributed by atoms with van der Waals surface area (Å²) in [5.74, 6) is 1.13. The van der Waals surface area contributed by atoms with Crippen LogP contribution in [0.1, 0.15) is 33.4 Å². The third-order valence-corrected chi connectivity index (χ3v) is 5.26. The molecule has 7 heteroatoms. The fraction of sp³-hybridized carbons (Fsp3) is 0.714. The average Bonchev–Trinajstić information content (AvgIpc) is 2.75. The maximum Gasteiger partial charge on any atom is 0.332 e. The summed E-state index contributed by atoms with van der Waals surface area (Å²) in [6.07, 6.45) is 0. The quantitative estimate of drug-likeness (QED) is 0.640. The molecule has 1 heterocycles. The van der Waals surface area contributed by atoms with Crippen molar-refractivity contribution in [1.29, 1.82) is 0 Å². The normalized spacial score (nSPS) is 19.1. The molecule has 0 amide bonds. The van der Waals surface area contributed by atoms with Gasteiger partial charge in [0.25, 0.3) is 0 Å². The Hall–Kier alpha value is -1.92. The van der Waals surface area contributed by atoms with Crippen LogP contribution in [0, 0.1) is 33.8 Å². The Morgan fingerprint density at radius 3 is 2.24 bits per heavy atom. The molecule has 0 unspecified atom stereocenters. The second-order valence-electron chi connectivity index (χ2n) is 6.71. The Morgan fingerprint density at radius 2 is 1.81 bits per heavy atom. The molecule has 2 rings (SSSR count). The van der Waals surface area contributed by atoms with Gasteiger partial charge in [-0.3, -0.25) is 10.1 Å². The highest BCUT2D eigenvalue weighted by atomic mass is 16.6. The van der Waals surface area contributed by atoms with Crippen LogP contribution in [0.3, 0.4) is 0 Å². The van der Waals surface area contributed by atoms with Gasteiger partial charge in [0, 0.05) is 13.6 Å². The number of anilines is 2. The van der Waals surface area contributed by atoms with Gasteiger partial charge in [-0.15, -0.1) is 0 Å². The molecule has 1 saturated carbocycles. The van der Waals surface area contributed by atoms with E-state index < -0.39 is 4.92 Å². The van der Waals surface area contributed by atoms with E-state index >= 15 is 0 Å². The molecule has 1 aliphatic carbocycles. The van der Waals surface area contributed by atoms with Crippen molar-refractivity contribution in [3.8, 4) is 0 Å². The number of hydrogen-bond acceptors (Lipinski definition) is 6. The highest BCUT2D eigenvalue weighted by Gasteiger charge is 2.64. The lowest BCUT2D eigenvalue weighted by Gasteiger charge is -2.10. The standard InChI is InChI=1S/C14H23N5O2/c1-8-10(19(20)21)11(18-12(15-6)17-8)16-7-9-13(2,3)14(9,4)5/h9H,7H2,1-6H3,(H2,15,16,17,18). The van der Waals surface area contributed by atoms with Crippen LogP contribution >= 0.6 is 0 Å². The zero-order valence-electron chi connectivity index (χ0n) is 13.4. The van der Waals surface area contributed by atoms with Gasteiger partial charge in [0.2, 0.25) is 11.8 Å². The van der Waals surface area contributed by atoms with Crippen LogP contribution in [0.15, 0.2) is 0 Å². The maximum atomic E-state index is 11.2. The van der Waals surface area contributed by atoms with Crippen LogP contribution in [0.4, 0.5) is 17.5 Å². The number of nitro groups is 1. The molecule has 116 valence electrons. The van der Waals surface area contributed by atoms with Crippen LogP contribution < -0.4 is 10.6 Å². The minimum Gasteiger partial charge on any atom is -0.364 e. The number of rotatable bonds is 5. The lowest BCUT2D eigenvalue weighted by Crippen LogP contribution is -2.13. The number of aromatic nitrogens is 2. The van der Waals surface area contributed by atoms with Crippen molar-refractivity contribution in [3.05, 3.63) is 15.8 Å². The predicted molar refractivity (Wildman–Crippen MR) is 82.5 cm³/mol. The Kier molecular flexibility index (Phi) is 3.55. The molecule has 0 spiro atoms. The zero-order valence-corrected chi connectivity index (χ0v) is 13.4. The molecule has 7 nitrogen and oxygen atoms in total. The number of aryl methyl sites for hydroxylation is 1. The highest BCUT2D eigenvalue weighted by Crippen LogP contribution is 2.68. The van der Waals surface area contributed by atoms with Crippen molar-refractivity contribution >= 4 is 17.5 Å². The van der Waals surface area contributed by atoms with E-state index in [1.807, 2.05) is 0 Å². The molecule has 0 aromatic carbocycles. The summed E-state index contributed by atoms with van der Waals surface area (Å²) < 4.78 is 0. The van der Waals surface area contributed by atoms with Crippen molar-refractivity contribution in [2.75, 3.05) is 24.2 Å². The summed E-state index contributed by atoms with van der Waals surface area (Å²) in [7, 11) is 1.69. The minimum atomic E-state index is -0.430. The van der Waals surface area contributed by atoms with Crippen molar-refractivity contribution in [2.45, 2.75) is 34.6 Å². The lowest BCUT2D eigenvalue weighted by molar-refractivity contribution is -0.385. The van der Waals surface area contributed by atoms with E-state index in [0.29, 0.717) is 24.1 Å². The molecule has 1 aromatic heterocycles. The number of nitrogens with one attached hydrogen (secondary N) is 2. The molecule has 0 radical (unpaired) electrons. The van der Waals surface area contributed by atoms with Gasteiger partial charge < -0.3 is 10.6 Å². The van der Waals surface area contributed by atoms with Gasteiger partial charge in [0.1, 0.15) is 5.69 Å². The largest absolute Gasteiger partial charge is 0.364 e. The Balaban J connectivity index is 2.24.